The molecule has 1 unspecified atom stereocenters. The quantitative estimate of drug-likeness (QED) is 0.222. The molecule has 1 heterocycles. The van der Waals surface area contributed by atoms with E-state index in [4.69, 9.17) is 19.9 Å². The smallest absolute Gasteiger partial charge is 0.257 e. The van der Waals surface area contributed by atoms with Crippen molar-refractivity contribution < 1.29 is 23.8 Å². The normalized spacial score (nSPS) is 12.1. The molecule has 1 aromatic heterocycles. The zero-order chi connectivity index (χ0) is 29.9. The molecule has 0 radical (unpaired) electrons. The van der Waals surface area contributed by atoms with E-state index in [9.17, 15) is 9.59 Å². The van der Waals surface area contributed by atoms with Crippen molar-refractivity contribution in [2.45, 2.75) is 25.4 Å². The maximum absolute atomic E-state index is 13.4. The molecule has 4 aromatic rings. The Kier molecular flexibility index (Phi) is 10.5. The first-order valence-electron chi connectivity index (χ1n) is 13.7. The zero-order valence-corrected chi connectivity index (χ0v) is 24.0. The summed E-state index contributed by atoms with van der Waals surface area (Å²) in [5, 5.41) is 5.79. The van der Waals surface area contributed by atoms with Crippen LogP contribution in [0.3, 0.4) is 0 Å². The van der Waals surface area contributed by atoms with Crippen LogP contribution in [-0.2, 0) is 16.0 Å². The van der Waals surface area contributed by atoms with Crippen LogP contribution in [0.25, 0.3) is 11.3 Å². The number of carbonyl (C=O) groups excluding carboxylic acids is 2. The van der Waals surface area contributed by atoms with Gasteiger partial charge in [-0.05, 0) is 54.8 Å². The number of aromatic nitrogens is 1. The Labute approximate surface area is 246 Å². The van der Waals surface area contributed by atoms with Gasteiger partial charge in [0.1, 0.15) is 17.2 Å². The number of methoxy groups -OCH3 is 2. The highest BCUT2D eigenvalue weighted by Gasteiger charge is 2.24. The lowest BCUT2D eigenvalue weighted by Gasteiger charge is -2.24. The number of benzene rings is 3. The molecule has 218 valence electrons. The monoisotopic (exact) mass is 568 g/mol. The molecular formula is C33H36N4O5. The fraction of sp³-hybridized carbons (Fsp3) is 0.242. The summed E-state index contributed by atoms with van der Waals surface area (Å²) < 4.78 is 16.6. The molecule has 0 bridgehead atoms. The minimum absolute atomic E-state index is 0.0876. The third kappa shape index (κ3) is 7.86. The van der Waals surface area contributed by atoms with E-state index < -0.39 is 12.1 Å². The van der Waals surface area contributed by atoms with Gasteiger partial charge in [-0.3, -0.25) is 14.6 Å². The molecule has 0 aliphatic carbocycles. The highest BCUT2D eigenvalue weighted by molar-refractivity contribution is 5.83. The van der Waals surface area contributed by atoms with E-state index >= 15 is 0 Å². The number of hydrogen-bond donors (Lipinski definition) is 3. The summed E-state index contributed by atoms with van der Waals surface area (Å²) in [6.07, 6.45) is 2.06. The van der Waals surface area contributed by atoms with Crippen molar-refractivity contribution in [3.8, 4) is 28.5 Å². The number of nitrogens with one attached hydrogen (secondary N) is 2. The van der Waals surface area contributed by atoms with Crippen molar-refractivity contribution in [2.75, 3.05) is 27.4 Å². The third-order valence-electron chi connectivity index (χ3n) is 6.68. The van der Waals surface area contributed by atoms with Crippen LogP contribution in [0.4, 0.5) is 0 Å². The van der Waals surface area contributed by atoms with Crippen LogP contribution in [-0.4, -0.2) is 50.2 Å². The van der Waals surface area contributed by atoms with Crippen molar-refractivity contribution >= 4 is 11.8 Å². The van der Waals surface area contributed by atoms with Gasteiger partial charge >= 0.3 is 0 Å². The van der Waals surface area contributed by atoms with Gasteiger partial charge in [0.15, 0.2) is 6.61 Å². The lowest BCUT2D eigenvalue weighted by Crippen LogP contribution is -2.43. The van der Waals surface area contributed by atoms with Crippen LogP contribution < -0.4 is 30.6 Å². The average Bonchev–Trinajstić information content (AvgIpc) is 3.03. The van der Waals surface area contributed by atoms with Gasteiger partial charge < -0.3 is 30.6 Å². The second kappa shape index (κ2) is 14.7. The molecule has 9 nitrogen and oxygen atoms in total. The zero-order valence-electron chi connectivity index (χ0n) is 24.0. The average molecular weight is 569 g/mol. The molecule has 2 amide bonds. The second-order valence-electron chi connectivity index (χ2n) is 9.59. The molecular weight excluding hydrogens is 532 g/mol. The first kappa shape index (κ1) is 30.1. The molecule has 0 aliphatic rings. The second-order valence-corrected chi connectivity index (χ2v) is 9.59. The molecule has 42 heavy (non-hydrogen) atoms. The minimum Gasteiger partial charge on any atom is -0.497 e. The van der Waals surface area contributed by atoms with Crippen LogP contribution in [0.1, 0.15) is 29.7 Å². The Morgan fingerprint density at radius 3 is 2.29 bits per heavy atom. The molecule has 0 fully saturated rings. The van der Waals surface area contributed by atoms with Gasteiger partial charge in [-0.25, -0.2) is 0 Å². The van der Waals surface area contributed by atoms with Crippen molar-refractivity contribution in [2.24, 2.45) is 5.73 Å². The molecule has 0 aliphatic heterocycles. The van der Waals surface area contributed by atoms with Gasteiger partial charge in [-0.15, -0.1) is 0 Å². The van der Waals surface area contributed by atoms with Gasteiger partial charge in [-0.2, -0.15) is 0 Å². The van der Waals surface area contributed by atoms with E-state index in [-0.39, 0.29) is 18.4 Å². The largest absolute Gasteiger partial charge is 0.497 e. The van der Waals surface area contributed by atoms with Crippen LogP contribution in [0.5, 0.6) is 17.2 Å². The van der Waals surface area contributed by atoms with Crippen molar-refractivity contribution in [3.05, 3.63) is 108 Å². The Morgan fingerprint density at radius 1 is 0.905 bits per heavy atom. The number of rotatable bonds is 13. The van der Waals surface area contributed by atoms with E-state index in [1.165, 1.54) is 0 Å². The molecule has 2 atom stereocenters. The number of pyridine rings is 1. The number of likely N-dealkylation sites (N-methyl/N-ethyl adjacent to an activating group) is 1. The van der Waals surface area contributed by atoms with Crippen LogP contribution in [0.2, 0.25) is 0 Å². The summed E-state index contributed by atoms with van der Waals surface area (Å²) in [5.41, 5.74) is 10.6. The molecule has 3 aromatic carbocycles. The van der Waals surface area contributed by atoms with Crippen molar-refractivity contribution in [1.29, 1.82) is 0 Å². The minimum atomic E-state index is -0.819. The number of amides is 2. The van der Waals surface area contributed by atoms with Crippen molar-refractivity contribution in [1.82, 2.24) is 15.6 Å². The molecule has 0 saturated carbocycles. The lowest BCUT2D eigenvalue weighted by molar-refractivity contribution is -0.123. The molecule has 0 saturated heterocycles. The van der Waals surface area contributed by atoms with Crippen LogP contribution in [0.15, 0.2) is 91.1 Å². The van der Waals surface area contributed by atoms with E-state index in [0.717, 1.165) is 27.9 Å². The highest BCUT2D eigenvalue weighted by atomic mass is 16.5. The van der Waals surface area contributed by atoms with Gasteiger partial charge in [-0.1, -0.05) is 48.5 Å². The predicted molar refractivity (Wildman–Crippen MR) is 162 cm³/mol. The number of carbonyl (C=O) groups is 2. The molecule has 0 spiro atoms. The summed E-state index contributed by atoms with van der Waals surface area (Å²) in [6, 6.07) is 24.9. The van der Waals surface area contributed by atoms with Gasteiger partial charge in [0, 0.05) is 29.9 Å². The topological polar surface area (TPSA) is 125 Å². The Balaban J connectivity index is 1.52. The molecule has 4 N–H and O–H groups in total. The first-order valence-corrected chi connectivity index (χ1v) is 13.7. The van der Waals surface area contributed by atoms with Gasteiger partial charge in [0.2, 0.25) is 5.91 Å². The highest BCUT2D eigenvalue weighted by Crippen LogP contribution is 2.34. The Morgan fingerprint density at radius 2 is 1.64 bits per heavy atom. The van der Waals surface area contributed by atoms with Crippen LogP contribution >= 0.6 is 0 Å². The fourth-order valence-electron chi connectivity index (χ4n) is 4.47. The summed E-state index contributed by atoms with van der Waals surface area (Å²) in [5.74, 6) is 1.17. The fourth-order valence-corrected chi connectivity index (χ4v) is 4.47. The van der Waals surface area contributed by atoms with E-state index in [1.54, 1.807) is 44.7 Å². The lowest BCUT2D eigenvalue weighted by atomic mass is 9.96. The maximum Gasteiger partial charge on any atom is 0.257 e. The van der Waals surface area contributed by atoms with Gasteiger partial charge in [0.25, 0.3) is 5.91 Å². The Bertz CT molecular complexity index is 1460. The number of nitrogens with zero attached hydrogens (tertiary/aromatic N) is 1. The van der Waals surface area contributed by atoms with E-state index in [2.05, 4.69) is 15.6 Å². The summed E-state index contributed by atoms with van der Waals surface area (Å²) in [7, 11) is 3.14. The number of ether oxygens (including phenoxy) is 3. The van der Waals surface area contributed by atoms with E-state index in [1.807, 2.05) is 67.6 Å². The van der Waals surface area contributed by atoms with Crippen LogP contribution in [0, 0.1) is 0 Å². The van der Waals surface area contributed by atoms with Crippen molar-refractivity contribution in [3.63, 3.8) is 0 Å². The molecule has 4 rings (SSSR count). The summed E-state index contributed by atoms with van der Waals surface area (Å²) >= 11 is 0. The predicted octanol–water partition coefficient (Wildman–Crippen LogP) is 4.06. The Hall–Kier alpha value is -4.89. The van der Waals surface area contributed by atoms with Gasteiger partial charge in [0.05, 0.1) is 32.0 Å². The molecule has 9 heteroatoms. The van der Waals surface area contributed by atoms with E-state index in [0.29, 0.717) is 30.2 Å². The standard InChI is InChI=1S/C33H36N4O5/c1-4-35-31(38)21-42-25-13-11-24(12-14-25)32(27-16-15-26(40-2)19-30(27)41-3)37-33(39)28(34)18-22-10-17-29(36-20-22)23-8-6-5-7-9-23/h5-17,19-20,28,32H,4,18,21,34H2,1-3H3,(H,35,38)(H,37,39)/t28-,32?/m0/s1. The number of hydrogen-bond acceptors (Lipinski definition) is 7. The summed E-state index contributed by atoms with van der Waals surface area (Å²) in [6.45, 7) is 2.29. The first-order chi connectivity index (χ1) is 20.4. The number of nitrogens with two attached hydrogens (primary N) is 1. The summed E-state index contributed by atoms with van der Waals surface area (Å²) in [4.78, 5) is 29.8. The third-order valence-corrected chi connectivity index (χ3v) is 6.68. The SMILES string of the molecule is CCNC(=O)COc1ccc(C(NC(=O)[C@@H](N)Cc2ccc(-c3ccccc3)nc2)c2ccc(OC)cc2OC)cc1. The maximum atomic E-state index is 13.4.